The molecule has 0 radical (unpaired) electrons. The van der Waals surface area contributed by atoms with Gasteiger partial charge < -0.3 is 26.3 Å². The Bertz CT molecular complexity index is 1100. The molecule has 3 rings (SSSR count). The normalized spacial score (nSPS) is 16.4. The summed E-state index contributed by atoms with van der Waals surface area (Å²) in [7, 11) is 1.42. The van der Waals surface area contributed by atoms with Crippen LogP contribution in [0.5, 0.6) is 5.75 Å². The van der Waals surface area contributed by atoms with Gasteiger partial charge >= 0.3 is 0 Å². The number of nitrogens with one attached hydrogen (secondary N) is 1. The minimum Gasteiger partial charge on any atom is -0.486 e. The zero-order valence-corrected chi connectivity index (χ0v) is 18.8. The number of carbonyl (C=O) groups excluding carboxylic acids is 1. The van der Waals surface area contributed by atoms with E-state index in [4.69, 9.17) is 32.5 Å². The number of benzene rings is 2. The number of nitrogens with zero attached hydrogens (tertiary/aromatic N) is 2. The molecule has 2 aromatic rings. The number of rotatable bonds is 7. The quantitative estimate of drug-likeness (QED) is 0.241. The van der Waals surface area contributed by atoms with Crippen molar-refractivity contribution in [3.05, 3.63) is 66.1 Å². The smallest absolute Gasteiger partial charge is 0.254 e. The second kappa shape index (κ2) is 10.8. The molecule has 5 N–H and O–H groups in total. The van der Waals surface area contributed by atoms with Gasteiger partial charge in [0.25, 0.3) is 5.91 Å². The van der Waals surface area contributed by atoms with Crippen LogP contribution in [0.3, 0.4) is 0 Å². The maximum atomic E-state index is 13.9. The van der Waals surface area contributed by atoms with E-state index in [1.54, 1.807) is 36.4 Å². The number of nitrogen functional groups attached to an aromatic ring is 1. The summed E-state index contributed by atoms with van der Waals surface area (Å²) >= 11 is 6.66. The van der Waals surface area contributed by atoms with E-state index in [2.05, 4.69) is 16.9 Å². The van der Waals surface area contributed by atoms with Crippen molar-refractivity contribution in [1.82, 2.24) is 0 Å². The van der Waals surface area contributed by atoms with Gasteiger partial charge in [-0.1, -0.05) is 24.2 Å². The van der Waals surface area contributed by atoms with Gasteiger partial charge in [-0.3, -0.25) is 14.7 Å². The van der Waals surface area contributed by atoms with Crippen LogP contribution in [0.4, 0.5) is 27.1 Å². The van der Waals surface area contributed by atoms with Crippen LogP contribution in [-0.2, 0) is 9.53 Å². The average molecular weight is 474 g/mol. The molecular formula is C23H25ClFN5O3. The van der Waals surface area contributed by atoms with Crippen molar-refractivity contribution in [1.29, 1.82) is 0 Å². The SMILES string of the molecule is C=CC(=O)N(c1cccc(NC(=NC)/C(F)=C\N)c1)c1cc(N)cc(O[C@@H]2CCOC2)c1Cl. The summed E-state index contributed by atoms with van der Waals surface area (Å²) in [6.45, 7) is 4.63. The number of halogens is 2. The van der Waals surface area contributed by atoms with Crippen LogP contribution in [0.1, 0.15) is 6.42 Å². The van der Waals surface area contributed by atoms with Crippen LogP contribution >= 0.6 is 11.6 Å². The fourth-order valence-electron chi connectivity index (χ4n) is 3.27. The lowest BCUT2D eigenvalue weighted by molar-refractivity contribution is -0.113. The minimum atomic E-state index is -0.724. The van der Waals surface area contributed by atoms with E-state index in [9.17, 15) is 9.18 Å². The zero-order chi connectivity index (χ0) is 24.0. The molecule has 174 valence electrons. The summed E-state index contributed by atoms with van der Waals surface area (Å²) in [5.41, 5.74) is 12.9. The highest BCUT2D eigenvalue weighted by Gasteiger charge is 2.24. The number of hydrogen-bond acceptors (Lipinski definition) is 6. The van der Waals surface area contributed by atoms with Gasteiger partial charge in [0.2, 0.25) is 0 Å². The number of amidine groups is 1. The summed E-state index contributed by atoms with van der Waals surface area (Å²) < 4.78 is 25.2. The van der Waals surface area contributed by atoms with E-state index in [1.165, 1.54) is 11.9 Å². The van der Waals surface area contributed by atoms with Gasteiger partial charge in [0, 0.05) is 37.1 Å². The van der Waals surface area contributed by atoms with Crippen LogP contribution in [0.15, 0.2) is 66.1 Å². The first-order valence-electron chi connectivity index (χ1n) is 10.1. The summed E-state index contributed by atoms with van der Waals surface area (Å²) in [4.78, 5) is 18.1. The average Bonchev–Trinajstić information content (AvgIpc) is 3.33. The number of nitrogens with two attached hydrogens (primary N) is 2. The second-order valence-electron chi connectivity index (χ2n) is 7.10. The molecule has 1 aliphatic heterocycles. The predicted octanol–water partition coefficient (Wildman–Crippen LogP) is 4.15. The van der Waals surface area contributed by atoms with Gasteiger partial charge in [0.15, 0.2) is 11.7 Å². The molecule has 0 aromatic heterocycles. The third-order valence-corrected chi connectivity index (χ3v) is 5.20. The molecule has 33 heavy (non-hydrogen) atoms. The molecule has 0 spiro atoms. The molecule has 1 fully saturated rings. The van der Waals surface area contributed by atoms with Gasteiger partial charge in [0.1, 0.15) is 16.9 Å². The van der Waals surface area contributed by atoms with Crippen LogP contribution in [0, 0.1) is 0 Å². The third-order valence-electron chi connectivity index (χ3n) is 4.82. The molecule has 0 saturated carbocycles. The number of ether oxygens (including phenoxy) is 2. The Morgan fingerprint density at radius 3 is 2.85 bits per heavy atom. The Kier molecular flexibility index (Phi) is 7.92. The molecule has 0 bridgehead atoms. The zero-order valence-electron chi connectivity index (χ0n) is 18.1. The van der Waals surface area contributed by atoms with Crippen molar-refractivity contribution in [3.8, 4) is 5.75 Å². The molecule has 0 unspecified atom stereocenters. The lowest BCUT2D eigenvalue weighted by Crippen LogP contribution is -2.25. The predicted molar refractivity (Wildman–Crippen MR) is 130 cm³/mol. The molecule has 1 atom stereocenters. The molecule has 10 heteroatoms. The van der Waals surface area contributed by atoms with Gasteiger partial charge in [-0.05, 0) is 30.3 Å². The monoisotopic (exact) mass is 473 g/mol. The van der Waals surface area contributed by atoms with E-state index in [-0.39, 0.29) is 17.0 Å². The second-order valence-corrected chi connectivity index (χ2v) is 7.47. The van der Waals surface area contributed by atoms with Crippen molar-refractivity contribution in [2.24, 2.45) is 10.7 Å². The van der Waals surface area contributed by atoms with Crippen LogP contribution < -0.4 is 26.4 Å². The van der Waals surface area contributed by atoms with Gasteiger partial charge in [0.05, 0.1) is 24.6 Å². The fourth-order valence-corrected chi connectivity index (χ4v) is 3.51. The van der Waals surface area contributed by atoms with E-state index in [0.717, 1.165) is 18.7 Å². The van der Waals surface area contributed by atoms with Crippen LogP contribution in [0.2, 0.25) is 5.02 Å². The molecule has 2 aromatic carbocycles. The highest BCUT2D eigenvalue weighted by molar-refractivity contribution is 6.36. The Hall–Kier alpha value is -3.56. The van der Waals surface area contributed by atoms with E-state index in [1.807, 2.05) is 0 Å². The molecular weight excluding hydrogens is 449 g/mol. The standard InChI is InChI=1S/C23H25ClFN5O3/c1-3-21(31)30(16-6-4-5-15(11-16)29-23(28-2)18(25)12-26)19-9-14(27)10-20(22(19)24)33-17-7-8-32-13-17/h3-6,9-12,17H,1,7-8,13,26-27H2,2H3,(H,28,29)/b18-12+/t17-/m1/s1. The van der Waals surface area contributed by atoms with Crippen LogP contribution in [0.25, 0.3) is 0 Å². The molecule has 0 aliphatic carbocycles. The summed E-state index contributed by atoms with van der Waals surface area (Å²) in [6.07, 6.45) is 2.51. The number of hydrogen-bond donors (Lipinski definition) is 3. The number of anilines is 4. The van der Waals surface area contributed by atoms with Gasteiger partial charge in [-0.2, -0.15) is 0 Å². The maximum absolute atomic E-state index is 13.9. The molecule has 1 heterocycles. The third kappa shape index (κ3) is 5.63. The first kappa shape index (κ1) is 24.1. The largest absolute Gasteiger partial charge is 0.486 e. The van der Waals surface area contributed by atoms with Crippen molar-refractivity contribution in [2.45, 2.75) is 12.5 Å². The number of carbonyl (C=O) groups is 1. The van der Waals surface area contributed by atoms with Gasteiger partial charge in [-0.15, -0.1) is 0 Å². The molecule has 1 amide bonds. The topological polar surface area (TPSA) is 115 Å². The summed E-state index contributed by atoms with van der Waals surface area (Å²) in [5, 5.41) is 3.04. The Morgan fingerprint density at radius 2 is 2.21 bits per heavy atom. The molecule has 1 saturated heterocycles. The van der Waals surface area contributed by atoms with Crippen LogP contribution in [-0.4, -0.2) is 38.1 Å². The highest BCUT2D eigenvalue weighted by atomic mass is 35.5. The van der Waals surface area contributed by atoms with Crippen molar-refractivity contribution >= 4 is 46.1 Å². The van der Waals surface area contributed by atoms with Crippen molar-refractivity contribution in [3.63, 3.8) is 0 Å². The number of amides is 1. The first-order valence-corrected chi connectivity index (χ1v) is 10.5. The Balaban J connectivity index is 2.03. The van der Waals surface area contributed by atoms with E-state index in [0.29, 0.717) is 41.7 Å². The highest BCUT2D eigenvalue weighted by Crippen LogP contribution is 2.41. The van der Waals surface area contributed by atoms with Crippen molar-refractivity contribution < 1.29 is 18.7 Å². The minimum absolute atomic E-state index is 0.0623. The molecule has 8 nitrogen and oxygen atoms in total. The fraction of sp³-hybridized carbons (Fsp3) is 0.217. The Labute approximate surface area is 196 Å². The Morgan fingerprint density at radius 1 is 1.42 bits per heavy atom. The lowest BCUT2D eigenvalue weighted by Gasteiger charge is -2.25. The van der Waals surface area contributed by atoms with E-state index >= 15 is 0 Å². The number of aliphatic imine (C=N–C) groups is 1. The lowest BCUT2D eigenvalue weighted by atomic mass is 10.2. The van der Waals surface area contributed by atoms with Crippen molar-refractivity contribution in [2.75, 3.05) is 36.2 Å². The van der Waals surface area contributed by atoms with Gasteiger partial charge in [-0.25, -0.2) is 4.39 Å². The maximum Gasteiger partial charge on any atom is 0.254 e. The first-order chi connectivity index (χ1) is 15.9. The summed E-state index contributed by atoms with van der Waals surface area (Å²) in [6, 6.07) is 9.86. The summed E-state index contributed by atoms with van der Waals surface area (Å²) in [5.74, 6) is -0.896. The molecule has 1 aliphatic rings. The van der Waals surface area contributed by atoms with E-state index < -0.39 is 11.7 Å².